The molecular weight excluding hydrogens is 285 g/mol. The predicted molar refractivity (Wildman–Crippen MR) is 58.3 cm³/mol. The summed E-state index contributed by atoms with van der Waals surface area (Å²) in [6.07, 6.45) is -4.62. The maximum absolute atomic E-state index is 12.3. The Hall–Kier alpha value is -2.39. The van der Waals surface area contributed by atoms with E-state index in [0.717, 1.165) is 6.92 Å². The minimum absolute atomic E-state index is 0.0214. The molecule has 0 aromatic carbocycles. The monoisotopic (exact) mass is 294 g/mol. The Balaban J connectivity index is 3.38. The molecule has 0 spiro atoms. The van der Waals surface area contributed by atoms with Crippen molar-refractivity contribution < 1.29 is 32.4 Å². The van der Waals surface area contributed by atoms with Crippen molar-refractivity contribution in [2.45, 2.75) is 20.2 Å². The highest BCUT2D eigenvalue weighted by Gasteiger charge is 2.37. The van der Waals surface area contributed by atoms with Crippen molar-refractivity contribution in [2.24, 2.45) is 0 Å². The van der Waals surface area contributed by atoms with Crippen LogP contribution in [0.3, 0.4) is 0 Å². The van der Waals surface area contributed by atoms with E-state index in [1.54, 1.807) is 0 Å². The van der Waals surface area contributed by atoms with Crippen molar-refractivity contribution in [3.8, 4) is 5.75 Å². The third-order valence-electron chi connectivity index (χ3n) is 2.13. The highest BCUT2D eigenvalue weighted by Crippen LogP contribution is 2.35. The van der Waals surface area contributed by atoms with Crippen molar-refractivity contribution >= 4 is 11.7 Å². The molecule has 0 atom stereocenters. The number of pyridine rings is 1. The van der Waals surface area contributed by atoms with E-state index in [1.165, 1.54) is 6.92 Å². The zero-order valence-corrected chi connectivity index (χ0v) is 10.4. The molecule has 0 aliphatic carbocycles. The number of aromatic nitrogens is 1. The SMILES string of the molecule is CCOC(=O)c1ncc([N+](=O)[O-])c(OC(F)(F)F)c1C. The fraction of sp³-hybridized carbons (Fsp3) is 0.400. The van der Waals surface area contributed by atoms with Crippen LogP contribution < -0.4 is 4.74 Å². The number of nitrogens with zero attached hydrogens (tertiary/aromatic N) is 2. The van der Waals surface area contributed by atoms with Gasteiger partial charge in [0.15, 0.2) is 5.69 Å². The van der Waals surface area contributed by atoms with E-state index in [4.69, 9.17) is 0 Å². The first-order valence-corrected chi connectivity index (χ1v) is 5.24. The van der Waals surface area contributed by atoms with Gasteiger partial charge in [0.2, 0.25) is 5.75 Å². The van der Waals surface area contributed by atoms with Gasteiger partial charge in [-0.05, 0) is 13.8 Å². The molecule has 0 saturated heterocycles. The maximum Gasteiger partial charge on any atom is 0.573 e. The molecule has 0 unspecified atom stereocenters. The van der Waals surface area contributed by atoms with Gasteiger partial charge in [-0.25, -0.2) is 9.78 Å². The largest absolute Gasteiger partial charge is 0.573 e. The summed E-state index contributed by atoms with van der Waals surface area (Å²) in [5, 5.41) is 10.7. The molecule has 7 nitrogen and oxygen atoms in total. The Morgan fingerprint density at radius 1 is 1.50 bits per heavy atom. The van der Waals surface area contributed by atoms with Gasteiger partial charge in [-0.1, -0.05) is 0 Å². The molecule has 0 N–H and O–H groups in total. The van der Waals surface area contributed by atoms with Crippen molar-refractivity contribution in [1.29, 1.82) is 0 Å². The number of carbonyl (C=O) groups is 1. The highest BCUT2D eigenvalue weighted by molar-refractivity contribution is 5.90. The normalized spacial score (nSPS) is 11.1. The van der Waals surface area contributed by atoms with Gasteiger partial charge in [-0.15, -0.1) is 13.2 Å². The third kappa shape index (κ3) is 3.56. The van der Waals surface area contributed by atoms with Gasteiger partial charge < -0.3 is 9.47 Å². The molecule has 0 saturated carbocycles. The zero-order chi connectivity index (χ0) is 15.5. The number of rotatable bonds is 4. The Morgan fingerprint density at radius 2 is 2.10 bits per heavy atom. The second-order valence-electron chi connectivity index (χ2n) is 3.47. The first-order chi connectivity index (χ1) is 9.17. The lowest BCUT2D eigenvalue weighted by atomic mass is 10.2. The molecule has 10 heteroatoms. The number of hydrogen-bond acceptors (Lipinski definition) is 6. The van der Waals surface area contributed by atoms with Crippen LogP contribution in [0.2, 0.25) is 0 Å². The van der Waals surface area contributed by atoms with Crippen LogP contribution >= 0.6 is 0 Å². The quantitative estimate of drug-likeness (QED) is 0.481. The van der Waals surface area contributed by atoms with E-state index in [0.29, 0.717) is 6.20 Å². The van der Waals surface area contributed by atoms with Crippen LogP contribution in [-0.4, -0.2) is 28.8 Å². The number of alkyl halides is 3. The molecule has 110 valence electrons. The van der Waals surface area contributed by atoms with E-state index in [-0.39, 0.29) is 6.61 Å². The zero-order valence-electron chi connectivity index (χ0n) is 10.4. The van der Waals surface area contributed by atoms with Crippen LogP contribution in [-0.2, 0) is 4.74 Å². The van der Waals surface area contributed by atoms with E-state index in [9.17, 15) is 28.1 Å². The molecule has 0 aliphatic rings. The molecule has 0 aliphatic heterocycles. The number of nitro groups is 1. The van der Waals surface area contributed by atoms with E-state index in [1.807, 2.05) is 0 Å². The second kappa shape index (κ2) is 5.72. The average molecular weight is 294 g/mol. The van der Waals surface area contributed by atoms with Crippen LogP contribution in [0.5, 0.6) is 5.75 Å². The van der Waals surface area contributed by atoms with Crippen LogP contribution in [0.15, 0.2) is 6.20 Å². The summed E-state index contributed by atoms with van der Waals surface area (Å²) < 4.78 is 45.0. The first kappa shape index (κ1) is 15.7. The smallest absolute Gasteiger partial charge is 0.461 e. The summed E-state index contributed by atoms with van der Waals surface area (Å²) in [4.78, 5) is 24.5. The van der Waals surface area contributed by atoms with Gasteiger partial charge in [0.1, 0.15) is 6.20 Å². The summed E-state index contributed by atoms with van der Waals surface area (Å²) in [6.45, 7) is 2.52. The molecular formula is C10H9F3N2O5. The summed E-state index contributed by atoms with van der Waals surface area (Å²) in [5.74, 6) is -2.08. The van der Waals surface area contributed by atoms with E-state index < -0.39 is 39.9 Å². The molecule has 0 bridgehead atoms. The number of ether oxygens (including phenoxy) is 2. The van der Waals surface area contributed by atoms with Crippen molar-refractivity contribution in [1.82, 2.24) is 4.98 Å². The fourth-order valence-electron chi connectivity index (χ4n) is 1.36. The van der Waals surface area contributed by atoms with Gasteiger partial charge in [0.25, 0.3) is 0 Å². The molecule has 0 fully saturated rings. The highest BCUT2D eigenvalue weighted by atomic mass is 19.4. The van der Waals surface area contributed by atoms with Gasteiger partial charge >= 0.3 is 18.0 Å². The lowest BCUT2D eigenvalue weighted by Gasteiger charge is -2.13. The van der Waals surface area contributed by atoms with Crippen LogP contribution in [0.4, 0.5) is 18.9 Å². The topological polar surface area (TPSA) is 91.6 Å². The fourth-order valence-corrected chi connectivity index (χ4v) is 1.36. The van der Waals surface area contributed by atoms with Crippen LogP contribution in [0, 0.1) is 17.0 Å². The Kier molecular flexibility index (Phi) is 4.48. The number of esters is 1. The predicted octanol–water partition coefficient (Wildman–Crippen LogP) is 2.37. The minimum Gasteiger partial charge on any atom is -0.461 e. The standard InChI is InChI=1S/C10H9F3N2O5/c1-3-19-9(16)7-5(2)8(20-10(11,12)13)6(4-14-7)15(17)18/h4H,3H2,1-2H3. The molecule has 20 heavy (non-hydrogen) atoms. The van der Waals surface area contributed by atoms with Crippen LogP contribution in [0.25, 0.3) is 0 Å². The maximum atomic E-state index is 12.3. The third-order valence-corrected chi connectivity index (χ3v) is 2.13. The van der Waals surface area contributed by atoms with Crippen molar-refractivity contribution in [3.05, 3.63) is 27.6 Å². The molecule has 0 amide bonds. The van der Waals surface area contributed by atoms with Crippen molar-refractivity contribution in [3.63, 3.8) is 0 Å². The average Bonchev–Trinajstić information content (AvgIpc) is 2.29. The van der Waals surface area contributed by atoms with Gasteiger partial charge in [0, 0.05) is 5.56 Å². The second-order valence-corrected chi connectivity index (χ2v) is 3.47. The summed E-state index contributed by atoms with van der Waals surface area (Å²) in [5.41, 5.74) is -1.89. The Bertz CT molecular complexity index is 544. The first-order valence-electron chi connectivity index (χ1n) is 5.24. The van der Waals surface area contributed by atoms with E-state index >= 15 is 0 Å². The lowest BCUT2D eigenvalue weighted by Crippen LogP contribution is -2.20. The summed E-state index contributed by atoms with van der Waals surface area (Å²) in [7, 11) is 0. The molecule has 1 rings (SSSR count). The van der Waals surface area contributed by atoms with Crippen molar-refractivity contribution in [2.75, 3.05) is 6.61 Å². The Morgan fingerprint density at radius 3 is 2.55 bits per heavy atom. The molecule has 1 aromatic heterocycles. The molecule has 1 heterocycles. The summed E-state index contributed by atoms with van der Waals surface area (Å²) >= 11 is 0. The van der Waals surface area contributed by atoms with Gasteiger partial charge in [-0.2, -0.15) is 0 Å². The van der Waals surface area contributed by atoms with Gasteiger partial charge in [-0.3, -0.25) is 10.1 Å². The molecule has 1 aromatic rings. The van der Waals surface area contributed by atoms with Crippen LogP contribution in [0.1, 0.15) is 23.0 Å². The minimum atomic E-state index is -5.14. The Labute approximate surface area is 110 Å². The van der Waals surface area contributed by atoms with E-state index in [2.05, 4.69) is 14.5 Å². The number of hydrogen-bond donors (Lipinski definition) is 0. The lowest BCUT2D eigenvalue weighted by molar-refractivity contribution is -0.389. The van der Waals surface area contributed by atoms with Gasteiger partial charge in [0.05, 0.1) is 11.5 Å². The molecule has 0 radical (unpaired) electrons. The number of halogens is 3. The number of carbonyl (C=O) groups excluding carboxylic acids is 1. The summed E-state index contributed by atoms with van der Waals surface area (Å²) in [6, 6.07) is 0.